The summed E-state index contributed by atoms with van der Waals surface area (Å²) >= 11 is 0. The Hall–Kier alpha value is -4.26. The van der Waals surface area contributed by atoms with Gasteiger partial charge in [0.2, 0.25) is 5.91 Å². The van der Waals surface area contributed by atoms with E-state index in [9.17, 15) is 9.18 Å². The van der Waals surface area contributed by atoms with E-state index >= 15 is 0 Å². The highest BCUT2D eigenvalue weighted by Gasteiger charge is 2.08. The number of nitrogens with one attached hydrogen (secondary N) is 2. The Morgan fingerprint density at radius 2 is 1.94 bits per heavy atom. The summed E-state index contributed by atoms with van der Waals surface area (Å²) in [5, 5.41) is 6.81. The van der Waals surface area contributed by atoms with Gasteiger partial charge < -0.3 is 15.4 Å². The van der Waals surface area contributed by atoms with Crippen molar-refractivity contribution in [2.24, 2.45) is 0 Å². The Kier molecular flexibility index (Phi) is 6.07. The van der Waals surface area contributed by atoms with Crippen molar-refractivity contribution in [1.82, 2.24) is 9.97 Å². The van der Waals surface area contributed by atoms with Crippen LogP contribution in [0.3, 0.4) is 0 Å². The van der Waals surface area contributed by atoms with Crippen LogP contribution in [0.2, 0.25) is 0 Å². The van der Waals surface area contributed by atoms with Gasteiger partial charge in [-0.05, 0) is 72.7 Å². The van der Waals surface area contributed by atoms with Crippen molar-refractivity contribution < 1.29 is 13.9 Å². The number of hydrogen-bond donors (Lipinski definition) is 2. The minimum atomic E-state index is -0.292. The SMILES string of the molecule is C=CC(=O)Nc1ccc2ncnc(Nc3ccc(OCc4cccc(F)c4)c(C)c3)c2c1. The molecule has 4 aromatic rings. The molecule has 0 saturated heterocycles. The van der Waals surface area contributed by atoms with Crippen LogP contribution in [0.25, 0.3) is 10.9 Å². The summed E-state index contributed by atoms with van der Waals surface area (Å²) in [5.41, 5.74) is 3.87. The number of aryl methyl sites for hydroxylation is 1. The van der Waals surface area contributed by atoms with Gasteiger partial charge in [0.05, 0.1) is 5.52 Å². The van der Waals surface area contributed by atoms with Crippen LogP contribution >= 0.6 is 0 Å². The number of halogens is 1. The number of ether oxygens (including phenoxy) is 1. The van der Waals surface area contributed by atoms with Crippen molar-refractivity contribution in [2.45, 2.75) is 13.5 Å². The van der Waals surface area contributed by atoms with Gasteiger partial charge in [0.15, 0.2) is 0 Å². The Balaban J connectivity index is 1.53. The third kappa shape index (κ3) is 4.89. The zero-order valence-corrected chi connectivity index (χ0v) is 17.4. The van der Waals surface area contributed by atoms with E-state index in [4.69, 9.17) is 4.74 Å². The molecule has 0 aliphatic heterocycles. The summed E-state index contributed by atoms with van der Waals surface area (Å²) < 4.78 is 19.2. The van der Waals surface area contributed by atoms with Gasteiger partial charge in [-0.25, -0.2) is 14.4 Å². The molecule has 2 N–H and O–H groups in total. The number of hydrogen-bond acceptors (Lipinski definition) is 5. The van der Waals surface area contributed by atoms with E-state index in [0.29, 0.717) is 17.3 Å². The molecule has 0 aliphatic rings. The molecular weight excluding hydrogens is 407 g/mol. The maximum atomic E-state index is 13.3. The number of amides is 1. The number of aromatic nitrogens is 2. The van der Waals surface area contributed by atoms with E-state index < -0.39 is 0 Å². The summed E-state index contributed by atoms with van der Waals surface area (Å²) in [6.45, 7) is 5.68. The number of fused-ring (bicyclic) bond motifs is 1. The molecule has 6 nitrogen and oxygen atoms in total. The first-order valence-electron chi connectivity index (χ1n) is 9.95. The third-order valence-corrected chi connectivity index (χ3v) is 4.81. The molecule has 0 bridgehead atoms. The molecule has 1 aromatic heterocycles. The summed E-state index contributed by atoms with van der Waals surface area (Å²) in [6, 6.07) is 17.4. The molecule has 0 aliphatic carbocycles. The van der Waals surface area contributed by atoms with Crippen LogP contribution in [0.1, 0.15) is 11.1 Å². The molecule has 160 valence electrons. The lowest BCUT2D eigenvalue weighted by atomic mass is 10.1. The fourth-order valence-electron chi connectivity index (χ4n) is 3.24. The van der Waals surface area contributed by atoms with Gasteiger partial charge in [-0.15, -0.1) is 0 Å². The monoisotopic (exact) mass is 428 g/mol. The van der Waals surface area contributed by atoms with E-state index in [1.807, 2.05) is 43.3 Å². The normalized spacial score (nSPS) is 10.6. The van der Waals surface area contributed by atoms with Gasteiger partial charge in [-0.2, -0.15) is 0 Å². The number of rotatable bonds is 7. The first kappa shape index (κ1) is 21.0. The van der Waals surface area contributed by atoms with Crippen LogP contribution in [-0.4, -0.2) is 15.9 Å². The fraction of sp³-hybridized carbons (Fsp3) is 0.0800. The molecule has 0 atom stereocenters. The van der Waals surface area contributed by atoms with E-state index in [2.05, 4.69) is 27.2 Å². The smallest absolute Gasteiger partial charge is 0.247 e. The maximum Gasteiger partial charge on any atom is 0.247 e. The predicted molar refractivity (Wildman–Crippen MR) is 124 cm³/mol. The van der Waals surface area contributed by atoms with Crippen LogP contribution < -0.4 is 15.4 Å². The lowest BCUT2D eigenvalue weighted by Gasteiger charge is -2.13. The van der Waals surface area contributed by atoms with Crippen molar-refractivity contribution >= 4 is 34.0 Å². The van der Waals surface area contributed by atoms with E-state index in [1.165, 1.54) is 24.5 Å². The number of benzene rings is 3. The standard InChI is InChI=1S/C25H21FN4O2/c1-3-24(31)29-20-7-9-22-21(13-20)25(28-15-27-22)30-19-8-10-23(16(2)11-19)32-14-17-5-4-6-18(26)12-17/h3-13,15H,1,14H2,2H3,(H,29,31)(H,27,28,30). The lowest BCUT2D eigenvalue weighted by molar-refractivity contribution is -0.111. The first-order valence-corrected chi connectivity index (χ1v) is 9.95. The van der Waals surface area contributed by atoms with Gasteiger partial charge in [0.25, 0.3) is 0 Å². The minimum absolute atomic E-state index is 0.279. The minimum Gasteiger partial charge on any atom is -0.489 e. The second kappa shape index (κ2) is 9.26. The topological polar surface area (TPSA) is 76.1 Å². The zero-order chi connectivity index (χ0) is 22.5. The van der Waals surface area contributed by atoms with Crippen molar-refractivity contribution in [3.05, 3.63) is 96.6 Å². The lowest BCUT2D eigenvalue weighted by Crippen LogP contribution is -2.07. The predicted octanol–water partition coefficient (Wildman–Crippen LogP) is 5.52. The Bertz CT molecular complexity index is 1310. The molecule has 1 heterocycles. The van der Waals surface area contributed by atoms with Gasteiger partial charge in [0, 0.05) is 16.8 Å². The number of nitrogens with zero attached hydrogens (tertiary/aromatic N) is 2. The molecule has 0 unspecified atom stereocenters. The van der Waals surface area contributed by atoms with Crippen LogP contribution in [0, 0.1) is 12.7 Å². The average molecular weight is 428 g/mol. The number of carbonyl (C=O) groups is 1. The zero-order valence-electron chi connectivity index (χ0n) is 17.4. The second-order valence-corrected chi connectivity index (χ2v) is 7.17. The Labute approximate surface area is 184 Å². The highest BCUT2D eigenvalue weighted by molar-refractivity contribution is 6.01. The molecular formula is C25H21FN4O2. The molecule has 3 aromatic carbocycles. The van der Waals surface area contributed by atoms with Gasteiger partial charge >= 0.3 is 0 Å². The number of carbonyl (C=O) groups excluding carboxylic acids is 1. The Morgan fingerprint density at radius 3 is 2.72 bits per heavy atom. The van der Waals surface area contributed by atoms with Crippen LogP contribution in [0.5, 0.6) is 5.75 Å². The molecule has 0 spiro atoms. The van der Waals surface area contributed by atoms with Gasteiger partial charge in [-0.3, -0.25) is 4.79 Å². The first-order chi connectivity index (χ1) is 15.5. The van der Waals surface area contributed by atoms with Crippen molar-refractivity contribution in [3.8, 4) is 5.75 Å². The molecule has 0 fully saturated rings. The molecule has 1 amide bonds. The summed E-state index contributed by atoms with van der Waals surface area (Å²) in [6.07, 6.45) is 2.70. The van der Waals surface area contributed by atoms with E-state index in [-0.39, 0.29) is 18.3 Å². The Morgan fingerprint density at radius 1 is 1.09 bits per heavy atom. The summed E-state index contributed by atoms with van der Waals surface area (Å²) in [7, 11) is 0. The van der Waals surface area contributed by atoms with Crippen LogP contribution in [0.4, 0.5) is 21.6 Å². The quantitative estimate of drug-likeness (QED) is 0.379. The molecule has 0 radical (unpaired) electrons. The van der Waals surface area contributed by atoms with Crippen molar-refractivity contribution in [1.29, 1.82) is 0 Å². The fourth-order valence-corrected chi connectivity index (χ4v) is 3.24. The van der Waals surface area contributed by atoms with Gasteiger partial charge in [-0.1, -0.05) is 18.7 Å². The average Bonchev–Trinajstić information content (AvgIpc) is 2.79. The van der Waals surface area contributed by atoms with E-state index in [1.54, 1.807) is 12.1 Å². The van der Waals surface area contributed by atoms with Gasteiger partial charge in [0.1, 0.15) is 30.3 Å². The molecule has 32 heavy (non-hydrogen) atoms. The van der Waals surface area contributed by atoms with Crippen LogP contribution in [-0.2, 0) is 11.4 Å². The van der Waals surface area contributed by atoms with Crippen molar-refractivity contribution in [3.63, 3.8) is 0 Å². The van der Waals surface area contributed by atoms with Crippen LogP contribution in [0.15, 0.2) is 79.6 Å². The third-order valence-electron chi connectivity index (χ3n) is 4.81. The molecule has 7 heteroatoms. The highest BCUT2D eigenvalue weighted by atomic mass is 19.1. The summed E-state index contributed by atoms with van der Waals surface area (Å²) in [4.78, 5) is 20.3. The number of anilines is 3. The summed E-state index contributed by atoms with van der Waals surface area (Å²) in [5.74, 6) is 0.742. The second-order valence-electron chi connectivity index (χ2n) is 7.17. The maximum absolute atomic E-state index is 13.3. The van der Waals surface area contributed by atoms with Crippen molar-refractivity contribution in [2.75, 3.05) is 10.6 Å². The largest absolute Gasteiger partial charge is 0.489 e. The molecule has 0 saturated carbocycles. The molecule has 4 rings (SSSR count). The van der Waals surface area contributed by atoms with E-state index in [0.717, 1.165) is 27.7 Å². The highest BCUT2D eigenvalue weighted by Crippen LogP contribution is 2.28.